The number of nitriles is 1. The highest BCUT2D eigenvalue weighted by Gasteiger charge is 2.61. The molecule has 2 bridgehead atoms. The average molecular weight is 370 g/mol. The third-order valence-electron chi connectivity index (χ3n) is 5.71. The quantitative estimate of drug-likeness (QED) is 0.707. The van der Waals surface area contributed by atoms with E-state index in [-0.39, 0.29) is 34.7 Å². The molecule has 8 heteroatoms. The lowest BCUT2D eigenvalue weighted by Crippen LogP contribution is -2.33. The van der Waals surface area contributed by atoms with Crippen molar-refractivity contribution < 1.29 is 22.3 Å². The van der Waals surface area contributed by atoms with Gasteiger partial charge < -0.3 is 0 Å². The van der Waals surface area contributed by atoms with E-state index >= 15 is 0 Å². The first-order valence-electron chi connectivity index (χ1n) is 8.02. The first-order valence-corrected chi connectivity index (χ1v) is 9.59. The molecule has 4 rings (SSSR count). The molecule has 0 aromatic heterocycles. The van der Waals surface area contributed by atoms with E-state index < -0.39 is 28.1 Å². The van der Waals surface area contributed by atoms with Crippen molar-refractivity contribution in [1.29, 1.82) is 5.26 Å². The summed E-state index contributed by atoms with van der Waals surface area (Å²) in [6.07, 6.45) is 0.283. The van der Waals surface area contributed by atoms with Gasteiger partial charge in [-0.15, -0.1) is 10.8 Å². The van der Waals surface area contributed by atoms with Crippen molar-refractivity contribution in [2.45, 2.75) is 30.8 Å². The van der Waals surface area contributed by atoms with Gasteiger partial charge in [0, 0.05) is 5.92 Å². The maximum Gasteiger partial charge on any atom is 0.417 e. The van der Waals surface area contributed by atoms with Gasteiger partial charge in [-0.3, -0.25) is 13.4 Å². The summed E-state index contributed by atoms with van der Waals surface area (Å²) in [7, 11) is -3.25. The summed E-state index contributed by atoms with van der Waals surface area (Å²) in [5, 5.41) is 8.59. The highest BCUT2D eigenvalue weighted by atomic mass is 32.3. The molecule has 0 unspecified atom stereocenters. The standard InChI is InChI=1S/C17H17F3N2O2S/c1-9-15-10-2-3-11(6-10)16(15)25(23,24)22(9)13-5-4-12(8-21)14(7-13)17(18,19)20/h2-5,7,9-11,15-16,23-24H,6H2,1H3/t9-,10+,11-,15+,16-/m0/s1. The first kappa shape index (κ1) is 16.8. The predicted octanol–water partition coefficient (Wildman–Crippen LogP) is 4.64. The van der Waals surface area contributed by atoms with Crippen LogP contribution in [0, 0.1) is 29.1 Å². The van der Waals surface area contributed by atoms with Crippen molar-refractivity contribution in [2.24, 2.45) is 17.8 Å². The number of hydrogen-bond acceptors (Lipinski definition) is 4. The average Bonchev–Trinajstić information content (AvgIpc) is 3.19. The van der Waals surface area contributed by atoms with Gasteiger partial charge in [0.15, 0.2) is 0 Å². The molecular weight excluding hydrogens is 353 g/mol. The molecule has 4 nitrogen and oxygen atoms in total. The van der Waals surface area contributed by atoms with Crippen molar-refractivity contribution in [3.05, 3.63) is 41.5 Å². The zero-order chi connectivity index (χ0) is 18.1. The Morgan fingerprint density at radius 1 is 1.24 bits per heavy atom. The van der Waals surface area contributed by atoms with Crippen LogP contribution in [0.15, 0.2) is 30.4 Å². The van der Waals surface area contributed by atoms with E-state index in [0.29, 0.717) is 0 Å². The van der Waals surface area contributed by atoms with Gasteiger partial charge in [0.2, 0.25) is 0 Å². The number of halogens is 3. The van der Waals surface area contributed by atoms with Crippen molar-refractivity contribution in [3.63, 3.8) is 0 Å². The second-order valence-electron chi connectivity index (χ2n) is 6.96. The van der Waals surface area contributed by atoms with Gasteiger partial charge in [-0.2, -0.15) is 18.4 Å². The minimum Gasteiger partial charge on any atom is -0.281 e. The molecule has 0 spiro atoms. The fraction of sp³-hybridized carbons (Fsp3) is 0.471. The molecule has 3 aliphatic rings. The molecule has 1 aromatic rings. The largest absolute Gasteiger partial charge is 0.417 e. The number of alkyl halides is 3. The molecule has 1 aromatic carbocycles. The van der Waals surface area contributed by atoms with Gasteiger partial charge in [0.05, 0.1) is 34.2 Å². The van der Waals surface area contributed by atoms with Crippen molar-refractivity contribution in [3.8, 4) is 6.07 Å². The van der Waals surface area contributed by atoms with Gasteiger partial charge in [0.25, 0.3) is 0 Å². The van der Waals surface area contributed by atoms with Gasteiger partial charge >= 0.3 is 6.18 Å². The zero-order valence-electron chi connectivity index (χ0n) is 13.3. The smallest absolute Gasteiger partial charge is 0.281 e. The molecule has 0 radical (unpaired) electrons. The highest BCUT2D eigenvalue weighted by molar-refractivity contribution is 8.26. The van der Waals surface area contributed by atoms with Crippen LogP contribution in [0.1, 0.15) is 24.5 Å². The second kappa shape index (κ2) is 5.16. The van der Waals surface area contributed by atoms with Crippen LogP contribution in [0.25, 0.3) is 0 Å². The van der Waals surface area contributed by atoms with Crippen molar-refractivity contribution in [2.75, 3.05) is 4.31 Å². The molecule has 134 valence electrons. The van der Waals surface area contributed by atoms with Crippen LogP contribution in [0.4, 0.5) is 18.9 Å². The molecule has 2 N–H and O–H groups in total. The summed E-state index contributed by atoms with van der Waals surface area (Å²) in [6, 6.07) is 4.59. The maximum atomic E-state index is 13.3. The van der Waals surface area contributed by atoms with E-state index in [4.69, 9.17) is 5.26 Å². The summed E-state index contributed by atoms with van der Waals surface area (Å²) in [6.45, 7) is 1.83. The Morgan fingerprint density at radius 3 is 2.52 bits per heavy atom. The lowest BCUT2D eigenvalue weighted by Gasteiger charge is -2.45. The van der Waals surface area contributed by atoms with Crippen LogP contribution in [-0.4, -0.2) is 20.4 Å². The van der Waals surface area contributed by atoms with Crippen LogP contribution >= 0.6 is 10.8 Å². The Kier molecular flexibility index (Phi) is 3.46. The number of allylic oxidation sites excluding steroid dienone is 2. The summed E-state index contributed by atoms with van der Waals surface area (Å²) in [5.41, 5.74) is -1.41. The molecular formula is C17H17F3N2O2S. The summed E-state index contributed by atoms with van der Waals surface area (Å²) in [4.78, 5) is 0. The molecule has 1 saturated heterocycles. The maximum absolute atomic E-state index is 13.3. The summed E-state index contributed by atoms with van der Waals surface area (Å²) in [5.74, 6) is 0.319. The van der Waals surface area contributed by atoms with Gasteiger partial charge in [-0.1, -0.05) is 12.2 Å². The molecule has 2 aliphatic carbocycles. The van der Waals surface area contributed by atoms with Gasteiger partial charge in [0.1, 0.15) is 0 Å². The monoisotopic (exact) mass is 370 g/mol. The number of hydrogen-bond donors (Lipinski definition) is 2. The second-order valence-corrected chi connectivity index (χ2v) is 9.02. The van der Waals surface area contributed by atoms with Crippen LogP contribution < -0.4 is 4.31 Å². The summed E-state index contributed by atoms with van der Waals surface area (Å²) >= 11 is 0. The van der Waals surface area contributed by atoms with Crippen LogP contribution in [0.2, 0.25) is 0 Å². The number of nitrogens with zero attached hydrogens (tertiary/aromatic N) is 2. The Bertz CT molecular complexity index is 802. The fourth-order valence-corrected chi connectivity index (χ4v) is 7.65. The fourth-order valence-electron chi connectivity index (χ4n) is 4.82. The van der Waals surface area contributed by atoms with E-state index in [0.717, 1.165) is 18.6 Å². The molecule has 0 amide bonds. The minimum absolute atomic E-state index is 0.0185. The summed E-state index contributed by atoms with van der Waals surface area (Å²) < 4.78 is 62.9. The first-order chi connectivity index (χ1) is 11.7. The van der Waals surface area contributed by atoms with Gasteiger partial charge in [-0.05, 0) is 43.4 Å². The number of rotatable bonds is 1. The number of benzene rings is 1. The van der Waals surface area contributed by atoms with E-state index in [1.54, 1.807) is 6.07 Å². The highest BCUT2D eigenvalue weighted by Crippen LogP contribution is 2.70. The lowest BCUT2D eigenvalue weighted by atomic mass is 9.87. The Balaban J connectivity index is 1.79. The van der Waals surface area contributed by atoms with E-state index in [2.05, 4.69) is 6.08 Å². The lowest BCUT2D eigenvalue weighted by molar-refractivity contribution is -0.137. The van der Waals surface area contributed by atoms with Crippen LogP contribution in [0.3, 0.4) is 0 Å². The third-order valence-corrected chi connectivity index (χ3v) is 8.23. The predicted molar refractivity (Wildman–Crippen MR) is 89.0 cm³/mol. The Hall–Kier alpha value is -1.69. The molecule has 1 saturated carbocycles. The Morgan fingerprint density at radius 2 is 1.92 bits per heavy atom. The molecule has 1 heterocycles. The molecule has 5 atom stereocenters. The van der Waals surface area contributed by atoms with Crippen molar-refractivity contribution in [1.82, 2.24) is 0 Å². The van der Waals surface area contributed by atoms with E-state index in [1.807, 2.05) is 13.0 Å². The van der Waals surface area contributed by atoms with E-state index in [1.165, 1.54) is 10.4 Å². The molecule has 2 fully saturated rings. The van der Waals surface area contributed by atoms with E-state index in [9.17, 15) is 22.3 Å². The Labute approximate surface area is 145 Å². The number of fused-ring (bicyclic) bond motifs is 5. The molecule has 25 heavy (non-hydrogen) atoms. The minimum atomic E-state index is -4.68. The zero-order valence-corrected chi connectivity index (χ0v) is 14.1. The number of anilines is 1. The SMILES string of the molecule is C[C@H]1[C@H]2[C@H]([C@H]3C=C[C@@H]2C3)S(O)(O)N1c1ccc(C#N)c(C(F)(F)F)c1. The molecule has 1 aliphatic heterocycles. The van der Waals surface area contributed by atoms with Crippen LogP contribution in [0.5, 0.6) is 0 Å². The topological polar surface area (TPSA) is 67.5 Å². The third kappa shape index (κ3) is 2.23. The van der Waals surface area contributed by atoms with Crippen LogP contribution in [-0.2, 0) is 6.18 Å². The van der Waals surface area contributed by atoms with Crippen molar-refractivity contribution >= 4 is 16.5 Å². The normalized spacial score (nSPS) is 36.4. The van der Waals surface area contributed by atoms with Gasteiger partial charge in [-0.25, -0.2) is 0 Å².